The number of aliphatic carboxylic acids is 1. The van der Waals surface area contributed by atoms with Crippen LogP contribution in [-0.4, -0.2) is 37.4 Å². The van der Waals surface area contributed by atoms with Crippen LogP contribution in [0.1, 0.15) is 45.4 Å². The smallest absolute Gasteiger partial charge is 0.323 e. The van der Waals surface area contributed by atoms with Crippen LogP contribution in [-0.2, 0) is 9.53 Å². The molecule has 0 amide bonds. The van der Waals surface area contributed by atoms with E-state index >= 15 is 0 Å². The van der Waals surface area contributed by atoms with E-state index in [0.29, 0.717) is 0 Å². The van der Waals surface area contributed by atoms with E-state index in [2.05, 4.69) is 12.2 Å². The minimum Gasteiger partial charge on any atom is -0.480 e. The van der Waals surface area contributed by atoms with Gasteiger partial charge in [-0.15, -0.1) is 0 Å². The quantitative estimate of drug-likeness (QED) is 0.534. The number of carbonyl (C=O) groups is 1. The van der Waals surface area contributed by atoms with E-state index in [4.69, 9.17) is 9.84 Å². The minimum atomic E-state index is -0.840. The standard InChI is InChI=1S/C12H25NO3/c1-3-4-5-6-7-8-9-13-11(10-16-2)12(14)15/h11,13H,3-10H2,1-2H3,(H,14,15). The summed E-state index contributed by atoms with van der Waals surface area (Å²) < 4.78 is 4.83. The van der Waals surface area contributed by atoms with Crippen molar-refractivity contribution >= 4 is 5.97 Å². The first kappa shape index (κ1) is 15.4. The van der Waals surface area contributed by atoms with Gasteiger partial charge in [-0.3, -0.25) is 4.79 Å². The number of nitrogens with one attached hydrogen (secondary N) is 1. The fraction of sp³-hybridized carbons (Fsp3) is 0.917. The van der Waals surface area contributed by atoms with Gasteiger partial charge in [-0.1, -0.05) is 39.0 Å². The Kier molecular flexibility index (Phi) is 10.5. The third-order valence-electron chi connectivity index (χ3n) is 2.55. The molecule has 4 nitrogen and oxygen atoms in total. The van der Waals surface area contributed by atoms with Crippen LogP contribution in [0, 0.1) is 0 Å². The second-order valence-corrected chi connectivity index (χ2v) is 4.07. The SMILES string of the molecule is CCCCCCCCNC(COC)C(=O)O. The zero-order valence-electron chi connectivity index (χ0n) is 10.5. The molecule has 0 aromatic rings. The maximum atomic E-state index is 10.8. The van der Waals surface area contributed by atoms with Gasteiger partial charge in [0.05, 0.1) is 6.61 Å². The Hall–Kier alpha value is -0.610. The van der Waals surface area contributed by atoms with Crippen LogP contribution in [0.25, 0.3) is 0 Å². The van der Waals surface area contributed by atoms with Crippen LogP contribution in [0.3, 0.4) is 0 Å². The first-order valence-corrected chi connectivity index (χ1v) is 6.17. The van der Waals surface area contributed by atoms with E-state index in [-0.39, 0.29) is 6.61 Å². The zero-order chi connectivity index (χ0) is 12.2. The largest absolute Gasteiger partial charge is 0.480 e. The van der Waals surface area contributed by atoms with Crippen LogP contribution < -0.4 is 5.32 Å². The van der Waals surface area contributed by atoms with Crippen molar-refractivity contribution in [1.29, 1.82) is 0 Å². The molecular formula is C12H25NO3. The van der Waals surface area contributed by atoms with Crippen molar-refractivity contribution in [3.63, 3.8) is 0 Å². The van der Waals surface area contributed by atoms with Crippen molar-refractivity contribution in [2.24, 2.45) is 0 Å². The van der Waals surface area contributed by atoms with Crippen LogP contribution in [0.2, 0.25) is 0 Å². The highest BCUT2D eigenvalue weighted by atomic mass is 16.5. The molecule has 0 heterocycles. The normalized spacial score (nSPS) is 12.6. The zero-order valence-corrected chi connectivity index (χ0v) is 10.5. The van der Waals surface area contributed by atoms with Crippen LogP contribution in [0.5, 0.6) is 0 Å². The number of ether oxygens (including phenoxy) is 1. The average Bonchev–Trinajstić information content (AvgIpc) is 2.26. The number of hydrogen-bond donors (Lipinski definition) is 2. The van der Waals surface area contributed by atoms with Gasteiger partial charge < -0.3 is 15.2 Å². The molecule has 1 unspecified atom stereocenters. The lowest BCUT2D eigenvalue weighted by atomic mass is 10.1. The van der Waals surface area contributed by atoms with E-state index in [1.54, 1.807) is 0 Å². The molecule has 16 heavy (non-hydrogen) atoms. The summed E-state index contributed by atoms with van der Waals surface area (Å²) in [5, 5.41) is 11.8. The van der Waals surface area contributed by atoms with Gasteiger partial charge >= 0.3 is 5.97 Å². The summed E-state index contributed by atoms with van der Waals surface area (Å²) in [7, 11) is 1.52. The number of carboxylic acids is 1. The number of rotatable bonds is 11. The fourth-order valence-electron chi connectivity index (χ4n) is 1.57. The Morgan fingerprint density at radius 3 is 2.44 bits per heavy atom. The minimum absolute atomic E-state index is 0.227. The maximum Gasteiger partial charge on any atom is 0.323 e. The van der Waals surface area contributed by atoms with Gasteiger partial charge in [0, 0.05) is 7.11 Å². The number of unbranched alkanes of at least 4 members (excludes halogenated alkanes) is 5. The average molecular weight is 231 g/mol. The third kappa shape index (κ3) is 8.68. The van der Waals surface area contributed by atoms with Gasteiger partial charge in [-0.05, 0) is 13.0 Å². The molecule has 0 fully saturated rings. The molecule has 0 saturated carbocycles. The second-order valence-electron chi connectivity index (χ2n) is 4.07. The van der Waals surface area contributed by atoms with Crippen molar-refractivity contribution in [3.8, 4) is 0 Å². The summed E-state index contributed by atoms with van der Waals surface area (Å²) in [5.41, 5.74) is 0. The van der Waals surface area contributed by atoms with Crippen molar-refractivity contribution in [3.05, 3.63) is 0 Å². The lowest BCUT2D eigenvalue weighted by Crippen LogP contribution is -2.40. The topological polar surface area (TPSA) is 58.6 Å². The highest BCUT2D eigenvalue weighted by molar-refractivity contribution is 5.73. The van der Waals surface area contributed by atoms with Gasteiger partial charge in [0.25, 0.3) is 0 Å². The monoisotopic (exact) mass is 231 g/mol. The summed E-state index contributed by atoms with van der Waals surface area (Å²) in [5.74, 6) is -0.840. The Balaban J connectivity index is 3.37. The van der Waals surface area contributed by atoms with Crippen LogP contribution in [0.15, 0.2) is 0 Å². The van der Waals surface area contributed by atoms with Crippen LogP contribution >= 0.6 is 0 Å². The number of carboxylic acid groups (broad SMARTS) is 1. The summed E-state index contributed by atoms with van der Waals surface area (Å²) >= 11 is 0. The molecule has 0 radical (unpaired) electrons. The molecule has 0 spiro atoms. The Bertz CT molecular complexity index is 174. The van der Waals surface area contributed by atoms with Gasteiger partial charge in [0.15, 0.2) is 0 Å². The molecule has 0 aliphatic rings. The predicted molar refractivity (Wildman–Crippen MR) is 64.7 cm³/mol. The molecule has 1 atom stereocenters. The summed E-state index contributed by atoms with van der Waals surface area (Å²) in [6, 6.07) is -0.569. The van der Waals surface area contributed by atoms with Gasteiger partial charge in [-0.25, -0.2) is 0 Å². The third-order valence-corrected chi connectivity index (χ3v) is 2.55. The Morgan fingerprint density at radius 2 is 1.88 bits per heavy atom. The van der Waals surface area contributed by atoms with Crippen LogP contribution in [0.4, 0.5) is 0 Å². The van der Waals surface area contributed by atoms with Gasteiger partial charge in [-0.2, -0.15) is 0 Å². The number of methoxy groups -OCH3 is 1. The Morgan fingerprint density at radius 1 is 1.25 bits per heavy atom. The molecule has 0 bridgehead atoms. The highest BCUT2D eigenvalue weighted by Gasteiger charge is 2.15. The molecule has 0 aromatic heterocycles. The Labute approximate surface area is 98.4 Å². The first-order chi connectivity index (χ1) is 7.72. The molecule has 0 saturated heterocycles. The summed E-state index contributed by atoms with van der Waals surface area (Å²) in [6.07, 6.45) is 7.31. The lowest BCUT2D eigenvalue weighted by molar-refractivity contribution is -0.140. The van der Waals surface area contributed by atoms with Crippen molar-refractivity contribution < 1.29 is 14.6 Å². The molecule has 0 aromatic carbocycles. The molecule has 4 heteroatoms. The van der Waals surface area contributed by atoms with Gasteiger partial charge in [0.2, 0.25) is 0 Å². The molecule has 2 N–H and O–H groups in total. The molecule has 0 rings (SSSR count). The van der Waals surface area contributed by atoms with E-state index in [0.717, 1.165) is 13.0 Å². The van der Waals surface area contributed by atoms with E-state index < -0.39 is 12.0 Å². The molecule has 0 aliphatic carbocycles. The summed E-state index contributed by atoms with van der Waals surface area (Å²) in [4.78, 5) is 10.8. The predicted octanol–water partition coefficient (Wildman–Crippen LogP) is 2.04. The van der Waals surface area contributed by atoms with Crippen molar-refractivity contribution in [1.82, 2.24) is 5.32 Å². The van der Waals surface area contributed by atoms with Crippen molar-refractivity contribution in [2.75, 3.05) is 20.3 Å². The molecular weight excluding hydrogens is 206 g/mol. The number of hydrogen-bond acceptors (Lipinski definition) is 3. The summed E-state index contributed by atoms with van der Waals surface area (Å²) in [6.45, 7) is 3.18. The van der Waals surface area contributed by atoms with Gasteiger partial charge in [0.1, 0.15) is 6.04 Å². The lowest BCUT2D eigenvalue weighted by Gasteiger charge is -2.12. The maximum absolute atomic E-state index is 10.8. The molecule has 96 valence electrons. The fourth-order valence-corrected chi connectivity index (χ4v) is 1.57. The highest BCUT2D eigenvalue weighted by Crippen LogP contribution is 2.04. The molecule has 0 aliphatic heterocycles. The van der Waals surface area contributed by atoms with E-state index in [9.17, 15) is 4.79 Å². The second kappa shape index (κ2) is 10.9. The van der Waals surface area contributed by atoms with Crippen molar-refractivity contribution in [2.45, 2.75) is 51.5 Å². The van der Waals surface area contributed by atoms with E-state index in [1.807, 2.05) is 0 Å². The van der Waals surface area contributed by atoms with E-state index in [1.165, 1.54) is 39.2 Å². The first-order valence-electron chi connectivity index (χ1n) is 6.17.